The van der Waals surface area contributed by atoms with Crippen LogP contribution in [0.2, 0.25) is 5.02 Å². The molecule has 0 aliphatic heterocycles. The van der Waals surface area contributed by atoms with Gasteiger partial charge in [-0.15, -0.1) is 0 Å². The van der Waals surface area contributed by atoms with Crippen LogP contribution in [0.25, 0.3) is 0 Å². The van der Waals surface area contributed by atoms with Crippen molar-refractivity contribution >= 4 is 50.1 Å². The Morgan fingerprint density at radius 3 is 2.59 bits per heavy atom. The first-order chi connectivity index (χ1) is 8.20. The minimum atomic E-state index is 0.713. The molecule has 0 amide bonds. The number of ether oxygens (including phenoxy) is 1. The van der Waals surface area contributed by atoms with Crippen molar-refractivity contribution in [1.29, 1.82) is 0 Å². The van der Waals surface area contributed by atoms with Gasteiger partial charge in [0.25, 0.3) is 0 Å². The van der Waals surface area contributed by atoms with Gasteiger partial charge in [-0.3, -0.25) is 0 Å². The van der Waals surface area contributed by atoms with Crippen LogP contribution in [-0.4, -0.2) is 0 Å². The predicted molar refractivity (Wildman–Crippen MR) is 83.3 cm³/mol. The Balaban J connectivity index is 2.25. The van der Waals surface area contributed by atoms with Crippen LogP contribution < -0.4 is 4.74 Å². The van der Waals surface area contributed by atoms with Gasteiger partial charge in [-0.05, 0) is 52.4 Å². The number of para-hydroxylation sites is 1. The fraction of sp³-hybridized carbons (Fsp3) is 0.0769. The summed E-state index contributed by atoms with van der Waals surface area (Å²) in [4.78, 5) is 0. The summed E-state index contributed by atoms with van der Waals surface area (Å²) in [6, 6.07) is 13.6. The largest absolute Gasteiger partial charge is 0.456 e. The lowest BCUT2D eigenvalue weighted by Gasteiger charge is -2.09. The molecule has 4 heteroatoms. The molecule has 0 aliphatic rings. The minimum Gasteiger partial charge on any atom is -0.456 e. The normalized spacial score (nSPS) is 10.3. The second-order valence-electron chi connectivity index (χ2n) is 3.42. The molecule has 0 spiro atoms. The molecule has 0 saturated carbocycles. The average Bonchev–Trinajstić information content (AvgIpc) is 2.32. The van der Waals surface area contributed by atoms with Crippen molar-refractivity contribution in [3.8, 4) is 11.5 Å². The first-order valence-corrected chi connectivity index (χ1v) is 7.55. The first-order valence-electron chi connectivity index (χ1n) is 4.97. The minimum absolute atomic E-state index is 0.713. The van der Waals surface area contributed by atoms with E-state index in [0.717, 1.165) is 26.0 Å². The van der Waals surface area contributed by atoms with Gasteiger partial charge in [-0.2, -0.15) is 0 Å². The number of rotatable bonds is 3. The van der Waals surface area contributed by atoms with Crippen LogP contribution in [0.15, 0.2) is 42.5 Å². The average molecular weight is 423 g/mol. The number of hydrogen-bond donors (Lipinski definition) is 0. The van der Waals surface area contributed by atoms with E-state index in [1.165, 1.54) is 0 Å². The second kappa shape index (κ2) is 6.07. The molecule has 0 aromatic heterocycles. The maximum absolute atomic E-state index is 6.12. The van der Waals surface area contributed by atoms with Gasteiger partial charge in [0.2, 0.25) is 0 Å². The lowest BCUT2D eigenvalue weighted by Crippen LogP contribution is -1.88. The summed E-state index contributed by atoms with van der Waals surface area (Å²) in [7, 11) is 0. The third-order valence-electron chi connectivity index (χ3n) is 2.23. The Bertz CT molecular complexity index is 531. The topological polar surface area (TPSA) is 9.23 Å². The molecule has 1 nitrogen and oxygen atoms in total. The van der Waals surface area contributed by atoms with E-state index in [1.54, 1.807) is 0 Å². The fourth-order valence-corrected chi connectivity index (χ4v) is 2.74. The highest BCUT2D eigenvalue weighted by atomic mass is 127. The third-order valence-corrected chi connectivity index (χ3v) is 4.08. The predicted octanol–water partition coefficient (Wildman–Crippen LogP) is 5.63. The number of benzene rings is 2. The molecule has 17 heavy (non-hydrogen) atoms. The molecule has 0 N–H and O–H groups in total. The van der Waals surface area contributed by atoms with E-state index in [1.807, 2.05) is 42.5 Å². The van der Waals surface area contributed by atoms with E-state index in [-0.39, 0.29) is 0 Å². The molecule has 0 aliphatic carbocycles. The molecule has 0 fully saturated rings. The zero-order chi connectivity index (χ0) is 12.3. The summed E-state index contributed by atoms with van der Waals surface area (Å²) in [6.07, 6.45) is 0. The van der Waals surface area contributed by atoms with Gasteiger partial charge in [0.05, 0.1) is 3.57 Å². The van der Waals surface area contributed by atoms with Crippen molar-refractivity contribution in [3.63, 3.8) is 0 Å². The molecular weight excluding hydrogens is 414 g/mol. The Kier molecular flexibility index (Phi) is 4.70. The molecule has 2 rings (SSSR count). The van der Waals surface area contributed by atoms with Crippen LogP contribution in [0.4, 0.5) is 0 Å². The zero-order valence-electron chi connectivity index (χ0n) is 8.79. The van der Waals surface area contributed by atoms with Gasteiger partial charge in [0.1, 0.15) is 11.5 Å². The molecule has 0 atom stereocenters. The third kappa shape index (κ3) is 3.36. The monoisotopic (exact) mass is 422 g/mol. The maximum atomic E-state index is 6.12. The van der Waals surface area contributed by atoms with Crippen LogP contribution in [0.5, 0.6) is 11.5 Å². The molecule has 0 saturated heterocycles. The quantitative estimate of drug-likeness (QED) is 0.459. The lowest BCUT2D eigenvalue weighted by molar-refractivity contribution is 0.479. The summed E-state index contributed by atoms with van der Waals surface area (Å²) in [5.74, 6) is 1.60. The van der Waals surface area contributed by atoms with Gasteiger partial charge in [0.15, 0.2) is 0 Å². The molecule has 0 unspecified atom stereocenters. The Hall–Kier alpha value is -0.260. The molecule has 0 heterocycles. The Morgan fingerprint density at radius 1 is 1.18 bits per heavy atom. The van der Waals surface area contributed by atoms with Crippen molar-refractivity contribution < 1.29 is 4.74 Å². The highest BCUT2D eigenvalue weighted by molar-refractivity contribution is 14.1. The smallest absolute Gasteiger partial charge is 0.140 e. The summed E-state index contributed by atoms with van der Waals surface area (Å²) in [6.45, 7) is 0. The summed E-state index contributed by atoms with van der Waals surface area (Å²) < 4.78 is 6.86. The van der Waals surface area contributed by atoms with E-state index >= 15 is 0 Å². The summed E-state index contributed by atoms with van der Waals surface area (Å²) in [5.41, 5.74) is 1.06. The number of hydrogen-bond acceptors (Lipinski definition) is 1. The molecule has 2 aromatic carbocycles. The maximum Gasteiger partial charge on any atom is 0.140 e. The van der Waals surface area contributed by atoms with Crippen LogP contribution >= 0.6 is 50.1 Å². The van der Waals surface area contributed by atoms with E-state index in [9.17, 15) is 0 Å². The van der Waals surface area contributed by atoms with Crippen LogP contribution in [0, 0.1) is 3.57 Å². The van der Waals surface area contributed by atoms with Crippen LogP contribution in [0.3, 0.4) is 0 Å². The highest BCUT2D eigenvalue weighted by Gasteiger charge is 2.04. The Morgan fingerprint density at radius 2 is 1.94 bits per heavy atom. The van der Waals surface area contributed by atoms with Crippen molar-refractivity contribution in [3.05, 3.63) is 56.6 Å². The zero-order valence-corrected chi connectivity index (χ0v) is 13.3. The standard InChI is InChI=1S/C13H9BrClIO/c14-8-9-5-6-10(7-11(9)15)17-13-4-2-1-3-12(13)16/h1-7H,8H2. The van der Waals surface area contributed by atoms with Crippen LogP contribution in [-0.2, 0) is 5.33 Å². The second-order valence-corrected chi connectivity index (χ2v) is 5.55. The van der Waals surface area contributed by atoms with Crippen molar-refractivity contribution in [2.45, 2.75) is 5.33 Å². The van der Waals surface area contributed by atoms with Crippen LogP contribution in [0.1, 0.15) is 5.56 Å². The molecular formula is C13H9BrClIO. The lowest BCUT2D eigenvalue weighted by atomic mass is 10.2. The van der Waals surface area contributed by atoms with Gasteiger partial charge in [-0.1, -0.05) is 45.7 Å². The van der Waals surface area contributed by atoms with Crippen molar-refractivity contribution in [2.75, 3.05) is 0 Å². The Labute approximate surface area is 127 Å². The molecule has 0 bridgehead atoms. The summed E-state index contributed by atoms with van der Waals surface area (Å²) >= 11 is 11.8. The van der Waals surface area contributed by atoms with Gasteiger partial charge in [-0.25, -0.2) is 0 Å². The number of halogens is 3. The van der Waals surface area contributed by atoms with Crippen molar-refractivity contribution in [2.24, 2.45) is 0 Å². The first kappa shape index (κ1) is 13.2. The van der Waals surface area contributed by atoms with Gasteiger partial charge >= 0.3 is 0 Å². The van der Waals surface area contributed by atoms with Gasteiger partial charge < -0.3 is 4.74 Å². The SMILES string of the molecule is Clc1cc(Oc2ccccc2I)ccc1CBr. The van der Waals surface area contributed by atoms with E-state index in [0.29, 0.717) is 5.02 Å². The van der Waals surface area contributed by atoms with Crippen molar-refractivity contribution in [1.82, 2.24) is 0 Å². The van der Waals surface area contributed by atoms with E-state index in [2.05, 4.69) is 38.5 Å². The van der Waals surface area contributed by atoms with E-state index < -0.39 is 0 Å². The molecule has 0 radical (unpaired) electrons. The van der Waals surface area contributed by atoms with E-state index in [4.69, 9.17) is 16.3 Å². The summed E-state index contributed by atoms with van der Waals surface area (Å²) in [5, 5.41) is 1.46. The fourth-order valence-electron chi connectivity index (χ4n) is 1.35. The van der Waals surface area contributed by atoms with Gasteiger partial charge in [0, 0.05) is 10.4 Å². The highest BCUT2D eigenvalue weighted by Crippen LogP contribution is 2.30. The number of alkyl halides is 1. The molecule has 2 aromatic rings. The molecule has 88 valence electrons.